The first kappa shape index (κ1) is 19.5. The molecule has 1 amide bonds. The van der Waals surface area contributed by atoms with Crippen molar-refractivity contribution in [2.75, 3.05) is 6.61 Å². The van der Waals surface area contributed by atoms with Gasteiger partial charge in [0.1, 0.15) is 5.75 Å². The smallest absolute Gasteiger partial charge is 0.422 e. The number of rotatable bonds is 7. The summed E-state index contributed by atoms with van der Waals surface area (Å²) in [5, 5.41) is 7.02. The molecule has 1 aromatic heterocycles. The molecular weight excluding hydrogens is 371 g/mol. The van der Waals surface area contributed by atoms with Crippen LogP contribution in [0.5, 0.6) is 5.75 Å². The molecule has 0 atom stereocenters. The number of hydrogen-bond donors (Lipinski definition) is 1. The zero-order valence-electron chi connectivity index (χ0n) is 14.8. The molecule has 0 saturated heterocycles. The number of nitrogens with one attached hydrogen (secondary N) is 1. The van der Waals surface area contributed by atoms with Gasteiger partial charge in [0.15, 0.2) is 6.61 Å². The predicted octanol–water partition coefficient (Wildman–Crippen LogP) is 3.67. The molecule has 1 N–H and O–H groups in total. The van der Waals surface area contributed by atoms with Crippen molar-refractivity contribution >= 4 is 5.91 Å². The molecule has 0 aliphatic rings. The molecule has 8 heteroatoms. The van der Waals surface area contributed by atoms with Crippen molar-refractivity contribution in [2.24, 2.45) is 0 Å². The van der Waals surface area contributed by atoms with Crippen molar-refractivity contribution in [1.29, 1.82) is 0 Å². The third kappa shape index (κ3) is 5.87. The minimum atomic E-state index is -4.37. The van der Waals surface area contributed by atoms with E-state index in [2.05, 4.69) is 15.2 Å². The number of halogens is 3. The first-order chi connectivity index (χ1) is 13.4. The van der Waals surface area contributed by atoms with Crippen LogP contribution in [0.2, 0.25) is 0 Å². The van der Waals surface area contributed by atoms with Crippen LogP contribution in [0.1, 0.15) is 11.1 Å². The Morgan fingerprint density at radius 3 is 2.43 bits per heavy atom. The number of para-hydroxylation sites is 1. The molecule has 0 saturated carbocycles. The van der Waals surface area contributed by atoms with E-state index in [9.17, 15) is 18.0 Å². The highest BCUT2D eigenvalue weighted by Crippen LogP contribution is 2.18. The normalized spacial score (nSPS) is 11.2. The molecule has 0 radical (unpaired) electrons. The summed E-state index contributed by atoms with van der Waals surface area (Å²) >= 11 is 0. The van der Waals surface area contributed by atoms with E-state index in [1.165, 1.54) is 12.1 Å². The minimum absolute atomic E-state index is 0.126. The fourth-order valence-corrected chi connectivity index (χ4v) is 2.49. The highest BCUT2D eigenvalue weighted by molar-refractivity contribution is 5.78. The van der Waals surface area contributed by atoms with Gasteiger partial charge < -0.3 is 10.1 Å². The van der Waals surface area contributed by atoms with Crippen molar-refractivity contribution in [3.8, 4) is 11.4 Å². The van der Waals surface area contributed by atoms with E-state index in [1.807, 2.05) is 30.3 Å². The summed E-state index contributed by atoms with van der Waals surface area (Å²) in [5.41, 5.74) is 2.44. The monoisotopic (exact) mass is 389 g/mol. The quantitative estimate of drug-likeness (QED) is 0.671. The molecule has 28 heavy (non-hydrogen) atoms. The fraction of sp³-hybridized carbons (Fsp3) is 0.200. The van der Waals surface area contributed by atoms with Crippen molar-refractivity contribution in [1.82, 2.24) is 15.1 Å². The van der Waals surface area contributed by atoms with Crippen LogP contribution < -0.4 is 10.1 Å². The second kappa shape index (κ2) is 8.60. The maximum absolute atomic E-state index is 12.1. The zero-order valence-corrected chi connectivity index (χ0v) is 14.8. The third-order valence-corrected chi connectivity index (χ3v) is 3.84. The van der Waals surface area contributed by atoms with Gasteiger partial charge in [0.05, 0.1) is 18.3 Å². The molecule has 0 unspecified atom stereocenters. The van der Waals surface area contributed by atoms with Gasteiger partial charge in [0.25, 0.3) is 0 Å². The van der Waals surface area contributed by atoms with E-state index in [4.69, 9.17) is 0 Å². The number of amides is 1. The van der Waals surface area contributed by atoms with Crippen LogP contribution in [0.15, 0.2) is 67.0 Å². The number of carbonyl (C=O) groups excluding carboxylic acids is 1. The number of ether oxygens (including phenoxy) is 1. The molecule has 3 rings (SSSR count). The summed E-state index contributed by atoms with van der Waals surface area (Å²) in [6.07, 6.45) is -0.762. The predicted molar refractivity (Wildman–Crippen MR) is 97.1 cm³/mol. The molecular formula is C20H18F3N3O2. The Morgan fingerprint density at radius 1 is 1.04 bits per heavy atom. The van der Waals surface area contributed by atoms with Gasteiger partial charge in [0, 0.05) is 12.7 Å². The van der Waals surface area contributed by atoms with Crippen LogP contribution in [0, 0.1) is 0 Å². The second-order valence-corrected chi connectivity index (χ2v) is 6.13. The average Bonchev–Trinajstić information content (AvgIpc) is 3.14. The molecule has 0 aliphatic carbocycles. The van der Waals surface area contributed by atoms with Crippen LogP contribution >= 0.6 is 0 Å². The lowest BCUT2D eigenvalue weighted by Crippen LogP contribution is -2.24. The fourth-order valence-electron chi connectivity index (χ4n) is 2.49. The second-order valence-electron chi connectivity index (χ2n) is 6.13. The van der Waals surface area contributed by atoms with Crippen molar-refractivity contribution in [3.63, 3.8) is 0 Å². The van der Waals surface area contributed by atoms with E-state index in [0.717, 1.165) is 16.8 Å². The van der Waals surface area contributed by atoms with E-state index >= 15 is 0 Å². The largest absolute Gasteiger partial charge is 0.484 e. The molecule has 5 nitrogen and oxygen atoms in total. The minimum Gasteiger partial charge on any atom is -0.484 e. The first-order valence-corrected chi connectivity index (χ1v) is 8.53. The lowest BCUT2D eigenvalue weighted by atomic mass is 10.2. The van der Waals surface area contributed by atoms with Crippen LogP contribution in [0.3, 0.4) is 0 Å². The van der Waals surface area contributed by atoms with Crippen LogP contribution in [-0.4, -0.2) is 28.5 Å². The summed E-state index contributed by atoms with van der Waals surface area (Å²) < 4.78 is 42.7. The number of nitrogens with zero attached hydrogens (tertiary/aromatic N) is 2. The number of alkyl halides is 3. The maximum atomic E-state index is 12.1. The Kier molecular flexibility index (Phi) is 5.98. The van der Waals surface area contributed by atoms with Gasteiger partial charge in [-0.15, -0.1) is 0 Å². The maximum Gasteiger partial charge on any atom is 0.422 e. The van der Waals surface area contributed by atoms with E-state index in [-0.39, 0.29) is 24.6 Å². The van der Waals surface area contributed by atoms with Gasteiger partial charge in [-0.1, -0.05) is 30.3 Å². The Morgan fingerprint density at radius 2 is 1.75 bits per heavy atom. The molecule has 0 spiro atoms. The van der Waals surface area contributed by atoms with Gasteiger partial charge in [-0.25, -0.2) is 4.68 Å². The van der Waals surface area contributed by atoms with Crippen LogP contribution in [0.4, 0.5) is 13.2 Å². The lowest BCUT2D eigenvalue weighted by Gasteiger charge is -2.10. The summed E-state index contributed by atoms with van der Waals surface area (Å²) in [5.74, 6) is -0.0502. The summed E-state index contributed by atoms with van der Waals surface area (Å²) in [6.45, 7) is -1.06. The van der Waals surface area contributed by atoms with Gasteiger partial charge in [-0.05, 0) is 35.4 Å². The first-order valence-electron chi connectivity index (χ1n) is 8.53. The number of hydrogen-bond acceptors (Lipinski definition) is 3. The lowest BCUT2D eigenvalue weighted by molar-refractivity contribution is -0.153. The highest BCUT2D eigenvalue weighted by atomic mass is 19.4. The average molecular weight is 389 g/mol. The molecule has 3 aromatic rings. The topological polar surface area (TPSA) is 56.2 Å². The zero-order chi connectivity index (χ0) is 20.0. The van der Waals surface area contributed by atoms with Crippen LogP contribution in [-0.2, 0) is 17.8 Å². The molecule has 0 aliphatic heterocycles. The summed E-state index contributed by atoms with van der Waals surface area (Å²) in [7, 11) is 0. The van der Waals surface area contributed by atoms with Crippen LogP contribution in [0.25, 0.3) is 5.69 Å². The molecule has 146 valence electrons. The van der Waals surface area contributed by atoms with Crippen molar-refractivity contribution < 1.29 is 22.7 Å². The number of carbonyl (C=O) groups is 1. The Balaban J connectivity index is 1.47. The van der Waals surface area contributed by atoms with Crippen molar-refractivity contribution in [2.45, 2.75) is 19.1 Å². The van der Waals surface area contributed by atoms with Gasteiger partial charge >= 0.3 is 6.18 Å². The van der Waals surface area contributed by atoms with E-state index in [0.29, 0.717) is 0 Å². The molecule has 2 aromatic carbocycles. The van der Waals surface area contributed by atoms with Gasteiger partial charge in [0.2, 0.25) is 5.91 Å². The standard InChI is InChI=1S/C20H18F3N3O2/c21-20(22,23)14-28-18-8-6-15(7-9-18)11-24-19(27)10-16-12-25-26(13-16)17-4-2-1-3-5-17/h1-9,12-13H,10-11,14H2,(H,24,27). The summed E-state index contributed by atoms with van der Waals surface area (Å²) in [4.78, 5) is 12.1. The molecule has 1 heterocycles. The molecule has 0 bridgehead atoms. The Bertz CT molecular complexity index is 906. The Labute approximate surface area is 159 Å². The van der Waals surface area contributed by atoms with E-state index in [1.54, 1.807) is 29.2 Å². The SMILES string of the molecule is O=C(Cc1cnn(-c2ccccc2)c1)NCc1ccc(OCC(F)(F)F)cc1. The number of benzene rings is 2. The van der Waals surface area contributed by atoms with E-state index < -0.39 is 12.8 Å². The Hall–Kier alpha value is -3.29. The molecule has 0 fully saturated rings. The summed E-state index contributed by atoms with van der Waals surface area (Å²) in [6, 6.07) is 15.7. The van der Waals surface area contributed by atoms with Crippen molar-refractivity contribution in [3.05, 3.63) is 78.1 Å². The van der Waals surface area contributed by atoms with Gasteiger partial charge in [-0.3, -0.25) is 4.79 Å². The van der Waals surface area contributed by atoms with Gasteiger partial charge in [-0.2, -0.15) is 18.3 Å². The highest BCUT2D eigenvalue weighted by Gasteiger charge is 2.28. The number of aromatic nitrogens is 2. The third-order valence-electron chi connectivity index (χ3n) is 3.84.